The number of aliphatic hydroxyl groups excluding tert-OH is 1. The molecule has 2 aromatic rings. The van der Waals surface area contributed by atoms with Gasteiger partial charge in [0, 0.05) is 12.1 Å². The van der Waals surface area contributed by atoms with Gasteiger partial charge in [-0.3, -0.25) is 4.68 Å². The van der Waals surface area contributed by atoms with Crippen molar-refractivity contribution in [1.29, 1.82) is 0 Å². The molecule has 0 radical (unpaired) electrons. The Morgan fingerprint density at radius 3 is 3.00 bits per heavy atom. The maximum Gasteiger partial charge on any atom is 0.163 e. The van der Waals surface area contributed by atoms with Crippen LogP contribution in [0.1, 0.15) is 24.3 Å². The van der Waals surface area contributed by atoms with E-state index < -0.39 is 6.10 Å². The first-order valence-electron chi connectivity index (χ1n) is 5.07. The van der Waals surface area contributed by atoms with E-state index in [4.69, 9.17) is 9.15 Å². The van der Waals surface area contributed by atoms with Crippen molar-refractivity contribution in [2.75, 3.05) is 7.11 Å². The van der Waals surface area contributed by atoms with E-state index in [1.54, 1.807) is 24.1 Å². The molecule has 2 rings (SSSR count). The van der Waals surface area contributed by atoms with Gasteiger partial charge in [0.15, 0.2) is 5.75 Å². The van der Waals surface area contributed by atoms with Crippen LogP contribution in [0.25, 0.3) is 0 Å². The molecule has 1 unspecified atom stereocenters. The largest absolute Gasteiger partial charge is 0.493 e. The first kappa shape index (κ1) is 10.8. The number of hydrogen-bond donors (Lipinski definition) is 1. The van der Waals surface area contributed by atoms with Crippen molar-refractivity contribution in [2.24, 2.45) is 0 Å². The summed E-state index contributed by atoms with van der Waals surface area (Å²) in [7, 11) is 1.56. The highest BCUT2D eigenvalue weighted by Gasteiger charge is 2.21. The molecule has 16 heavy (non-hydrogen) atoms. The summed E-state index contributed by atoms with van der Waals surface area (Å²) in [5.41, 5.74) is 1.33. The average molecular weight is 222 g/mol. The van der Waals surface area contributed by atoms with Crippen molar-refractivity contribution in [3.05, 3.63) is 36.0 Å². The highest BCUT2D eigenvalue weighted by Crippen LogP contribution is 2.29. The standard InChI is InChI=1S/C11H14N2O3/c1-3-13-10(9(15-2)6-12-13)11(14)8-4-5-16-7-8/h4-7,11,14H,3H2,1-2H3. The molecule has 0 amide bonds. The van der Waals surface area contributed by atoms with E-state index in [9.17, 15) is 5.11 Å². The Bertz CT molecular complexity index is 426. The lowest BCUT2D eigenvalue weighted by Gasteiger charge is -2.12. The smallest absolute Gasteiger partial charge is 0.163 e. The zero-order valence-electron chi connectivity index (χ0n) is 9.25. The molecule has 1 N–H and O–H groups in total. The highest BCUT2D eigenvalue weighted by atomic mass is 16.5. The van der Waals surface area contributed by atoms with Gasteiger partial charge in [0.1, 0.15) is 11.8 Å². The predicted octanol–water partition coefficient (Wildman–Crippen LogP) is 1.59. The molecule has 0 saturated heterocycles. The van der Waals surface area contributed by atoms with Crippen molar-refractivity contribution >= 4 is 0 Å². The minimum absolute atomic E-state index is 0.579. The normalized spacial score (nSPS) is 12.7. The van der Waals surface area contributed by atoms with E-state index in [0.29, 0.717) is 23.6 Å². The zero-order valence-corrected chi connectivity index (χ0v) is 9.25. The van der Waals surface area contributed by atoms with Crippen molar-refractivity contribution in [2.45, 2.75) is 19.6 Å². The summed E-state index contributed by atoms with van der Waals surface area (Å²) in [6, 6.07) is 1.72. The number of aliphatic hydroxyl groups is 1. The average Bonchev–Trinajstić information content (AvgIpc) is 2.96. The molecule has 2 aromatic heterocycles. The molecule has 0 bridgehead atoms. The fourth-order valence-electron chi connectivity index (χ4n) is 1.65. The SMILES string of the molecule is CCn1ncc(OC)c1C(O)c1ccoc1. The van der Waals surface area contributed by atoms with Crippen LogP contribution in [0.4, 0.5) is 0 Å². The minimum atomic E-state index is -0.781. The molecule has 5 heteroatoms. The Balaban J connectivity index is 2.41. The third-order valence-electron chi connectivity index (χ3n) is 2.48. The van der Waals surface area contributed by atoms with Crippen LogP contribution in [-0.2, 0) is 6.54 Å². The minimum Gasteiger partial charge on any atom is -0.493 e. The monoisotopic (exact) mass is 222 g/mol. The molecular formula is C11H14N2O3. The summed E-state index contributed by atoms with van der Waals surface area (Å²) in [6.45, 7) is 2.63. The second-order valence-corrected chi connectivity index (χ2v) is 3.37. The summed E-state index contributed by atoms with van der Waals surface area (Å²) in [5, 5.41) is 14.3. The Hall–Kier alpha value is -1.75. The Kier molecular flexibility index (Phi) is 2.96. The Labute approximate surface area is 93.3 Å². The van der Waals surface area contributed by atoms with Crippen molar-refractivity contribution < 1.29 is 14.3 Å². The number of nitrogens with zero attached hydrogens (tertiary/aromatic N) is 2. The molecule has 0 aromatic carbocycles. The summed E-state index contributed by atoms with van der Waals surface area (Å²) in [4.78, 5) is 0. The van der Waals surface area contributed by atoms with Gasteiger partial charge in [-0.05, 0) is 13.0 Å². The van der Waals surface area contributed by atoms with E-state index in [1.165, 1.54) is 12.5 Å². The van der Waals surface area contributed by atoms with Crippen LogP contribution in [0.15, 0.2) is 29.2 Å². The van der Waals surface area contributed by atoms with Crippen LogP contribution >= 0.6 is 0 Å². The van der Waals surface area contributed by atoms with E-state index in [2.05, 4.69) is 5.10 Å². The molecule has 0 aliphatic carbocycles. The van der Waals surface area contributed by atoms with Gasteiger partial charge in [0.2, 0.25) is 0 Å². The van der Waals surface area contributed by atoms with E-state index in [1.807, 2.05) is 6.92 Å². The predicted molar refractivity (Wildman–Crippen MR) is 57.2 cm³/mol. The highest BCUT2D eigenvalue weighted by molar-refractivity contribution is 5.33. The van der Waals surface area contributed by atoms with Gasteiger partial charge in [-0.2, -0.15) is 5.10 Å². The second-order valence-electron chi connectivity index (χ2n) is 3.37. The van der Waals surface area contributed by atoms with Crippen molar-refractivity contribution in [1.82, 2.24) is 9.78 Å². The van der Waals surface area contributed by atoms with Crippen LogP contribution in [0.5, 0.6) is 5.75 Å². The topological polar surface area (TPSA) is 60.4 Å². The number of rotatable bonds is 4. The van der Waals surface area contributed by atoms with Gasteiger partial charge in [0.05, 0.1) is 25.8 Å². The molecule has 86 valence electrons. The number of aryl methyl sites for hydroxylation is 1. The van der Waals surface area contributed by atoms with Crippen LogP contribution in [0.3, 0.4) is 0 Å². The van der Waals surface area contributed by atoms with Gasteiger partial charge in [-0.1, -0.05) is 0 Å². The van der Waals surface area contributed by atoms with Crippen LogP contribution in [-0.4, -0.2) is 22.0 Å². The quantitative estimate of drug-likeness (QED) is 0.853. The lowest BCUT2D eigenvalue weighted by Crippen LogP contribution is -2.09. The molecule has 0 fully saturated rings. The first-order valence-corrected chi connectivity index (χ1v) is 5.07. The molecule has 0 aliphatic heterocycles. The number of methoxy groups -OCH3 is 1. The molecule has 0 saturated carbocycles. The van der Waals surface area contributed by atoms with Crippen LogP contribution in [0.2, 0.25) is 0 Å². The third kappa shape index (κ3) is 1.69. The summed E-state index contributed by atoms with van der Waals surface area (Å²) < 4.78 is 11.8. The fraction of sp³-hybridized carbons (Fsp3) is 0.364. The van der Waals surface area contributed by atoms with Crippen molar-refractivity contribution in [3.8, 4) is 5.75 Å². The van der Waals surface area contributed by atoms with E-state index in [0.717, 1.165) is 0 Å². The van der Waals surface area contributed by atoms with Crippen LogP contribution in [0, 0.1) is 0 Å². The molecule has 1 atom stereocenters. The molecule has 0 spiro atoms. The van der Waals surface area contributed by atoms with Gasteiger partial charge < -0.3 is 14.3 Å². The third-order valence-corrected chi connectivity index (χ3v) is 2.48. The Morgan fingerprint density at radius 1 is 1.62 bits per heavy atom. The van der Waals surface area contributed by atoms with Gasteiger partial charge in [-0.25, -0.2) is 0 Å². The molecule has 0 aliphatic rings. The lowest BCUT2D eigenvalue weighted by molar-refractivity contribution is 0.201. The summed E-state index contributed by atoms with van der Waals surface area (Å²) in [6.07, 6.45) is 3.85. The number of furan rings is 1. The molecular weight excluding hydrogens is 208 g/mol. The maximum absolute atomic E-state index is 10.2. The van der Waals surface area contributed by atoms with Crippen LogP contribution < -0.4 is 4.74 Å². The van der Waals surface area contributed by atoms with Crippen molar-refractivity contribution in [3.63, 3.8) is 0 Å². The fourth-order valence-corrected chi connectivity index (χ4v) is 1.65. The number of aromatic nitrogens is 2. The number of hydrogen-bond acceptors (Lipinski definition) is 4. The second kappa shape index (κ2) is 4.40. The molecule has 5 nitrogen and oxygen atoms in total. The maximum atomic E-state index is 10.2. The summed E-state index contributed by atoms with van der Waals surface area (Å²) >= 11 is 0. The van der Waals surface area contributed by atoms with Gasteiger partial charge >= 0.3 is 0 Å². The summed E-state index contributed by atoms with van der Waals surface area (Å²) in [5.74, 6) is 0.579. The lowest BCUT2D eigenvalue weighted by atomic mass is 10.1. The number of ether oxygens (including phenoxy) is 1. The van der Waals surface area contributed by atoms with E-state index >= 15 is 0 Å². The first-order chi connectivity index (χ1) is 7.77. The zero-order chi connectivity index (χ0) is 11.5. The molecule has 2 heterocycles. The van der Waals surface area contributed by atoms with Gasteiger partial charge in [0.25, 0.3) is 0 Å². The van der Waals surface area contributed by atoms with E-state index in [-0.39, 0.29) is 0 Å². The Morgan fingerprint density at radius 2 is 2.44 bits per heavy atom. The van der Waals surface area contributed by atoms with Gasteiger partial charge in [-0.15, -0.1) is 0 Å².